The molecule has 2 rings (SSSR count). The molecule has 0 amide bonds. The van der Waals surface area contributed by atoms with Crippen molar-refractivity contribution in [2.45, 2.75) is 18.9 Å². The monoisotopic (exact) mass is 256 g/mol. The SMILES string of the molecule is CNc1cc(NS(C)(=O)=O)cc(OC2CC2)c1. The summed E-state index contributed by atoms with van der Waals surface area (Å²) in [6.45, 7) is 0. The van der Waals surface area contributed by atoms with Gasteiger partial charge in [0.25, 0.3) is 0 Å². The summed E-state index contributed by atoms with van der Waals surface area (Å²) in [6.07, 6.45) is 3.55. The topological polar surface area (TPSA) is 67.4 Å². The van der Waals surface area contributed by atoms with Crippen LogP contribution >= 0.6 is 0 Å². The summed E-state index contributed by atoms with van der Waals surface area (Å²) in [5.74, 6) is 0.686. The average molecular weight is 256 g/mol. The number of anilines is 2. The Bertz CT molecular complexity index is 509. The molecule has 1 saturated carbocycles. The molecule has 94 valence electrons. The molecule has 0 aliphatic heterocycles. The first-order chi connectivity index (χ1) is 7.96. The van der Waals surface area contributed by atoms with Crippen molar-refractivity contribution in [1.29, 1.82) is 0 Å². The minimum Gasteiger partial charge on any atom is -0.490 e. The van der Waals surface area contributed by atoms with E-state index in [0.29, 0.717) is 11.4 Å². The Morgan fingerprint density at radius 2 is 1.88 bits per heavy atom. The Hall–Kier alpha value is -1.43. The van der Waals surface area contributed by atoms with Crippen LogP contribution in [0.2, 0.25) is 0 Å². The van der Waals surface area contributed by atoms with Gasteiger partial charge in [-0.2, -0.15) is 0 Å². The predicted octanol–water partition coefficient (Wildman–Crippen LogP) is 1.64. The number of hydrogen-bond donors (Lipinski definition) is 2. The number of benzene rings is 1. The molecule has 1 aliphatic carbocycles. The van der Waals surface area contributed by atoms with Crippen molar-refractivity contribution in [3.8, 4) is 5.75 Å². The van der Waals surface area contributed by atoms with Crippen LogP contribution in [0.25, 0.3) is 0 Å². The molecule has 0 atom stereocenters. The van der Waals surface area contributed by atoms with Crippen molar-refractivity contribution in [3.05, 3.63) is 18.2 Å². The first-order valence-electron chi connectivity index (χ1n) is 5.43. The summed E-state index contributed by atoms with van der Waals surface area (Å²) >= 11 is 0. The maximum atomic E-state index is 11.2. The molecular weight excluding hydrogens is 240 g/mol. The van der Waals surface area contributed by atoms with Crippen molar-refractivity contribution < 1.29 is 13.2 Å². The molecule has 1 aliphatic rings. The highest BCUT2D eigenvalue weighted by Crippen LogP contribution is 2.31. The fourth-order valence-electron chi connectivity index (χ4n) is 1.46. The lowest BCUT2D eigenvalue weighted by molar-refractivity contribution is 0.303. The first-order valence-corrected chi connectivity index (χ1v) is 7.33. The van der Waals surface area contributed by atoms with Crippen molar-refractivity contribution in [2.24, 2.45) is 0 Å². The molecule has 0 radical (unpaired) electrons. The number of rotatable bonds is 5. The second kappa shape index (κ2) is 4.44. The third-order valence-electron chi connectivity index (χ3n) is 2.33. The van der Waals surface area contributed by atoms with Crippen LogP contribution in [0, 0.1) is 0 Å². The van der Waals surface area contributed by atoms with E-state index in [4.69, 9.17) is 4.74 Å². The van der Waals surface area contributed by atoms with Gasteiger partial charge in [-0.1, -0.05) is 0 Å². The third-order valence-corrected chi connectivity index (χ3v) is 2.93. The van der Waals surface area contributed by atoms with Crippen LogP contribution in [-0.4, -0.2) is 27.8 Å². The summed E-state index contributed by atoms with van der Waals surface area (Å²) in [5, 5.41) is 2.97. The zero-order chi connectivity index (χ0) is 12.5. The zero-order valence-electron chi connectivity index (χ0n) is 9.86. The Labute approximate surface area is 101 Å². The third kappa shape index (κ3) is 3.81. The van der Waals surface area contributed by atoms with Gasteiger partial charge in [-0.15, -0.1) is 0 Å². The molecule has 0 unspecified atom stereocenters. The normalized spacial score (nSPS) is 15.4. The molecule has 1 fully saturated rings. The van der Waals surface area contributed by atoms with E-state index < -0.39 is 10.0 Å². The van der Waals surface area contributed by atoms with Gasteiger partial charge in [0.15, 0.2) is 0 Å². The summed E-state index contributed by atoms with van der Waals surface area (Å²) in [4.78, 5) is 0. The molecule has 1 aromatic rings. The maximum absolute atomic E-state index is 11.2. The number of ether oxygens (including phenoxy) is 1. The summed E-state index contributed by atoms with van der Waals surface area (Å²) in [5.41, 5.74) is 1.32. The van der Waals surface area contributed by atoms with Gasteiger partial charge >= 0.3 is 0 Å². The van der Waals surface area contributed by atoms with E-state index in [2.05, 4.69) is 10.0 Å². The van der Waals surface area contributed by atoms with Gasteiger partial charge in [0.05, 0.1) is 18.0 Å². The molecule has 5 nitrogen and oxygen atoms in total. The smallest absolute Gasteiger partial charge is 0.229 e. The highest BCUT2D eigenvalue weighted by atomic mass is 32.2. The Morgan fingerprint density at radius 3 is 2.41 bits per heavy atom. The standard InChI is InChI=1S/C11H16N2O3S/c1-12-8-5-9(13-17(2,14)15)7-11(6-8)16-10-3-4-10/h5-7,10,12-13H,3-4H2,1-2H3. The summed E-state index contributed by atoms with van der Waals surface area (Å²) < 4.78 is 30.4. The van der Waals surface area contributed by atoms with Gasteiger partial charge < -0.3 is 10.1 Å². The molecular formula is C11H16N2O3S. The molecule has 0 spiro atoms. The minimum absolute atomic E-state index is 0.285. The zero-order valence-corrected chi connectivity index (χ0v) is 10.7. The summed E-state index contributed by atoms with van der Waals surface area (Å²) in [6, 6.07) is 5.27. The molecule has 17 heavy (non-hydrogen) atoms. The van der Waals surface area contributed by atoms with Crippen LogP contribution in [0.1, 0.15) is 12.8 Å². The van der Waals surface area contributed by atoms with E-state index in [0.717, 1.165) is 24.8 Å². The minimum atomic E-state index is -3.27. The molecule has 6 heteroatoms. The Morgan fingerprint density at radius 1 is 1.24 bits per heavy atom. The van der Waals surface area contributed by atoms with Gasteiger partial charge in [-0.3, -0.25) is 4.72 Å². The maximum Gasteiger partial charge on any atom is 0.229 e. The Kier molecular flexibility index (Phi) is 3.15. The van der Waals surface area contributed by atoms with Crippen LogP contribution < -0.4 is 14.8 Å². The Balaban J connectivity index is 2.24. The number of hydrogen-bond acceptors (Lipinski definition) is 4. The van der Waals surface area contributed by atoms with E-state index in [1.165, 1.54) is 0 Å². The van der Waals surface area contributed by atoms with Crippen LogP contribution in [0.4, 0.5) is 11.4 Å². The van der Waals surface area contributed by atoms with Crippen LogP contribution in [0.15, 0.2) is 18.2 Å². The van der Waals surface area contributed by atoms with Gasteiger partial charge in [0.2, 0.25) is 10.0 Å². The highest BCUT2D eigenvalue weighted by molar-refractivity contribution is 7.92. The van der Waals surface area contributed by atoms with Crippen LogP contribution in [-0.2, 0) is 10.0 Å². The number of sulfonamides is 1. The predicted molar refractivity (Wildman–Crippen MR) is 68.1 cm³/mol. The molecule has 0 saturated heterocycles. The first kappa shape index (κ1) is 12.0. The fraction of sp³-hybridized carbons (Fsp3) is 0.455. The highest BCUT2D eigenvalue weighted by Gasteiger charge is 2.23. The van der Waals surface area contributed by atoms with E-state index in [-0.39, 0.29) is 6.10 Å². The van der Waals surface area contributed by atoms with E-state index >= 15 is 0 Å². The lowest BCUT2D eigenvalue weighted by atomic mass is 10.2. The molecule has 0 heterocycles. The van der Waals surface area contributed by atoms with Gasteiger partial charge in [0, 0.05) is 24.9 Å². The second-order valence-electron chi connectivity index (χ2n) is 4.19. The molecule has 1 aromatic carbocycles. The number of nitrogens with one attached hydrogen (secondary N) is 2. The van der Waals surface area contributed by atoms with Crippen LogP contribution in [0.3, 0.4) is 0 Å². The lowest BCUT2D eigenvalue weighted by Crippen LogP contribution is -2.10. The molecule has 0 aromatic heterocycles. The quantitative estimate of drug-likeness (QED) is 0.840. The lowest BCUT2D eigenvalue weighted by Gasteiger charge is -2.11. The van der Waals surface area contributed by atoms with Crippen molar-refractivity contribution in [1.82, 2.24) is 0 Å². The van der Waals surface area contributed by atoms with Crippen molar-refractivity contribution in [2.75, 3.05) is 23.3 Å². The van der Waals surface area contributed by atoms with Crippen LogP contribution in [0.5, 0.6) is 5.75 Å². The fourth-order valence-corrected chi connectivity index (χ4v) is 2.01. The van der Waals surface area contributed by atoms with Gasteiger partial charge in [-0.05, 0) is 18.9 Å². The van der Waals surface area contributed by atoms with E-state index in [1.54, 1.807) is 19.2 Å². The van der Waals surface area contributed by atoms with Crippen molar-refractivity contribution >= 4 is 21.4 Å². The molecule has 0 bridgehead atoms. The molecule has 2 N–H and O–H groups in total. The summed E-state index contributed by atoms with van der Waals surface area (Å²) in [7, 11) is -1.49. The van der Waals surface area contributed by atoms with E-state index in [9.17, 15) is 8.42 Å². The van der Waals surface area contributed by atoms with E-state index in [1.807, 2.05) is 6.07 Å². The van der Waals surface area contributed by atoms with Crippen molar-refractivity contribution in [3.63, 3.8) is 0 Å². The largest absolute Gasteiger partial charge is 0.490 e. The second-order valence-corrected chi connectivity index (χ2v) is 5.94. The average Bonchev–Trinajstić information content (AvgIpc) is 2.98. The van der Waals surface area contributed by atoms with Gasteiger partial charge in [-0.25, -0.2) is 8.42 Å². The van der Waals surface area contributed by atoms with Gasteiger partial charge in [0.1, 0.15) is 5.75 Å².